The average Bonchev–Trinajstić information content (AvgIpc) is 2.69. The molecule has 1 saturated heterocycles. The normalized spacial score (nSPS) is 18.4. The minimum absolute atomic E-state index is 0.157. The van der Waals surface area contributed by atoms with E-state index in [9.17, 15) is 14.7 Å². The lowest BCUT2D eigenvalue weighted by molar-refractivity contribution is -0.142. The number of hydrogen-bond donors (Lipinski definition) is 2. The number of morpholine rings is 1. The van der Waals surface area contributed by atoms with E-state index in [0.29, 0.717) is 13.2 Å². The zero-order chi connectivity index (χ0) is 19.8. The molecular weight excluding hydrogens is 356 g/mol. The van der Waals surface area contributed by atoms with Crippen molar-refractivity contribution in [1.82, 2.24) is 10.2 Å². The van der Waals surface area contributed by atoms with Crippen LogP contribution in [0, 0.1) is 0 Å². The van der Waals surface area contributed by atoms with E-state index in [-0.39, 0.29) is 24.9 Å². The highest BCUT2D eigenvalue weighted by Gasteiger charge is 2.26. The number of rotatable bonds is 8. The second-order valence-electron chi connectivity index (χ2n) is 7.07. The summed E-state index contributed by atoms with van der Waals surface area (Å²) in [6, 6.07) is 18.5. The highest BCUT2D eigenvalue weighted by Crippen LogP contribution is 2.13. The van der Waals surface area contributed by atoms with E-state index in [1.54, 1.807) is 0 Å². The number of amides is 1. The number of carbonyl (C=O) groups excluding carboxylic acids is 1. The van der Waals surface area contributed by atoms with Crippen LogP contribution in [-0.2, 0) is 27.3 Å². The summed E-state index contributed by atoms with van der Waals surface area (Å²) in [5.74, 6) is -1.33. The van der Waals surface area contributed by atoms with Crippen LogP contribution in [0.15, 0.2) is 60.7 Å². The first-order valence-corrected chi connectivity index (χ1v) is 9.54. The van der Waals surface area contributed by atoms with E-state index in [2.05, 4.69) is 22.3 Å². The lowest BCUT2D eigenvalue weighted by atomic mass is 10.1. The number of benzene rings is 2. The van der Waals surface area contributed by atoms with Crippen LogP contribution in [0.1, 0.15) is 17.5 Å². The average molecular weight is 382 g/mol. The van der Waals surface area contributed by atoms with Crippen molar-refractivity contribution in [3.63, 3.8) is 0 Å². The van der Waals surface area contributed by atoms with Gasteiger partial charge in [0.15, 0.2) is 0 Å². The fourth-order valence-corrected chi connectivity index (χ4v) is 3.40. The summed E-state index contributed by atoms with van der Waals surface area (Å²) >= 11 is 0. The van der Waals surface area contributed by atoms with Gasteiger partial charge >= 0.3 is 5.97 Å². The first kappa shape index (κ1) is 20.0. The Morgan fingerprint density at radius 1 is 1.07 bits per heavy atom. The van der Waals surface area contributed by atoms with E-state index in [0.717, 1.165) is 18.7 Å². The van der Waals surface area contributed by atoms with Crippen molar-refractivity contribution < 1.29 is 19.4 Å². The smallest absolute Gasteiger partial charge is 0.326 e. The SMILES string of the molecule is O=C(CC1CN(Cc2ccccc2)CCO1)N[C@@H](Cc1ccccc1)C(=O)O. The molecule has 148 valence electrons. The van der Waals surface area contributed by atoms with E-state index in [1.165, 1.54) is 5.56 Å². The Labute approximate surface area is 165 Å². The molecule has 0 aliphatic carbocycles. The molecule has 0 aromatic heterocycles. The zero-order valence-electron chi connectivity index (χ0n) is 15.8. The number of aliphatic carboxylic acids is 1. The third-order valence-electron chi connectivity index (χ3n) is 4.80. The molecule has 2 N–H and O–H groups in total. The molecule has 6 nitrogen and oxygen atoms in total. The Kier molecular flexibility index (Phi) is 7.17. The molecule has 1 aliphatic rings. The van der Waals surface area contributed by atoms with Crippen LogP contribution < -0.4 is 5.32 Å². The minimum atomic E-state index is -1.03. The van der Waals surface area contributed by atoms with Gasteiger partial charge in [0.2, 0.25) is 5.91 Å². The van der Waals surface area contributed by atoms with Gasteiger partial charge in [-0.25, -0.2) is 4.79 Å². The summed E-state index contributed by atoms with van der Waals surface area (Å²) in [7, 11) is 0. The zero-order valence-corrected chi connectivity index (χ0v) is 15.8. The summed E-state index contributed by atoms with van der Waals surface area (Å²) < 4.78 is 5.73. The molecule has 3 rings (SSSR count). The van der Waals surface area contributed by atoms with Crippen molar-refractivity contribution in [2.45, 2.75) is 31.5 Å². The molecule has 0 saturated carbocycles. The largest absolute Gasteiger partial charge is 0.480 e. The van der Waals surface area contributed by atoms with Crippen LogP contribution in [0.5, 0.6) is 0 Å². The highest BCUT2D eigenvalue weighted by atomic mass is 16.5. The van der Waals surface area contributed by atoms with Crippen molar-refractivity contribution >= 4 is 11.9 Å². The number of carbonyl (C=O) groups is 2. The molecule has 0 radical (unpaired) electrons. The van der Waals surface area contributed by atoms with Crippen LogP contribution in [-0.4, -0.2) is 53.7 Å². The van der Waals surface area contributed by atoms with Crippen molar-refractivity contribution in [2.75, 3.05) is 19.7 Å². The van der Waals surface area contributed by atoms with Gasteiger partial charge in [-0.3, -0.25) is 9.69 Å². The Bertz CT molecular complexity index is 767. The second-order valence-corrected chi connectivity index (χ2v) is 7.07. The number of hydrogen-bond acceptors (Lipinski definition) is 4. The Balaban J connectivity index is 1.50. The van der Waals surface area contributed by atoms with Crippen molar-refractivity contribution in [2.24, 2.45) is 0 Å². The second kappa shape index (κ2) is 10.0. The number of nitrogens with zero attached hydrogens (tertiary/aromatic N) is 1. The topological polar surface area (TPSA) is 78.9 Å². The van der Waals surface area contributed by atoms with Gasteiger partial charge in [-0.05, 0) is 11.1 Å². The standard InChI is InChI=1S/C22H26N2O4/c25-21(23-20(22(26)27)13-17-7-3-1-4-8-17)14-19-16-24(11-12-28-19)15-18-9-5-2-6-10-18/h1-10,19-20H,11-16H2,(H,23,25)(H,26,27)/t19?,20-/m0/s1. The van der Waals surface area contributed by atoms with Gasteiger partial charge in [0.05, 0.1) is 19.1 Å². The van der Waals surface area contributed by atoms with Gasteiger partial charge in [0, 0.05) is 26.1 Å². The maximum absolute atomic E-state index is 12.4. The Morgan fingerprint density at radius 3 is 2.36 bits per heavy atom. The molecule has 6 heteroatoms. The fraction of sp³-hybridized carbons (Fsp3) is 0.364. The Hall–Kier alpha value is -2.70. The molecule has 1 fully saturated rings. The monoisotopic (exact) mass is 382 g/mol. The summed E-state index contributed by atoms with van der Waals surface area (Å²) in [5.41, 5.74) is 2.10. The molecule has 0 spiro atoms. The molecule has 1 heterocycles. The molecule has 0 bridgehead atoms. The number of carboxylic acids is 1. The third-order valence-corrected chi connectivity index (χ3v) is 4.80. The molecule has 2 aromatic carbocycles. The van der Waals surface area contributed by atoms with Crippen LogP contribution in [0.3, 0.4) is 0 Å². The van der Waals surface area contributed by atoms with E-state index in [1.807, 2.05) is 48.5 Å². The maximum Gasteiger partial charge on any atom is 0.326 e. The first-order valence-electron chi connectivity index (χ1n) is 9.54. The number of ether oxygens (including phenoxy) is 1. The summed E-state index contributed by atoms with van der Waals surface area (Å²) in [5, 5.41) is 12.1. The molecular formula is C22H26N2O4. The van der Waals surface area contributed by atoms with Crippen LogP contribution in [0.4, 0.5) is 0 Å². The molecule has 1 unspecified atom stereocenters. The van der Waals surface area contributed by atoms with E-state index >= 15 is 0 Å². The predicted molar refractivity (Wildman–Crippen MR) is 106 cm³/mol. The van der Waals surface area contributed by atoms with Crippen molar-refractivity contribution in [1.29, 1.82) is 0 Å². The number of nitrogens with one attached hydrogen (secondary N) is 1. The van der Waals surface area contributed by atoms with Gasteiger partial charge in [0.1, 0.15) is 6.04 Å². The van der Waals surface area contributed by atoms with Gasteiger partial charge in [-0.1, -0.05) is 60.7 Å². The molecule has 2 atom stereocenters. The molecule has 2 aromatic rings. The first-order chi connectivity index (χ1) is 13.6. The maximum atomic E-state index is 12.4. The van der Waals surface area contributed by atoms with Crippen molar-refractivity contribution in [3.05, 3.63) is 71.8 Å². The molecule has 28 heavy (non-hydrogen) atoms. The molecule has 1 aliphatic heterocycles. The van der Waals surface area contributed by atoms with Gasteiger partial charge in [0.25, 0.3) is 0 Å². The highest BCUT2D eigenvalue weighted by molar-refractivity contribution is 5.84. The summed E-state index contributed by atoms with van der Waals surface area (Å²) in [4.78, 5) is 26.2. The number of carboxylic acid groups (broad SMARTS) is 1. The predicted octanol–water partition coefficient (Wildman–Crippen LogP) is 2.09. The third kappa shape index (κ3) is 6.18. The lowest BCUT2D eigenvalue weighted by Gasteiger charge is -2.32. The van der Waals surface area contributed by atoms with Gasteiger partial charge < -0.3 is 15.2 Å². The molecule has 1 amide bonds. The van der Waals surface area contributed by atoms with E-state index < -0.39 is 12.0 Å². The fourth-order valence-electron chi connectivity index (χ4n) is 3.40. The quantitative estimate of drug-likeness (QED) is 0.731. The lowest BCUT2D eigenvalue weighted by Crippen LogP contribution is -2.47. The van der Waals surface area contributed by atoms with Crippen LogP contribution in [0.2, 0.25) is 0 Å². The minimum Gasteiger partial charge on any atom is -0.480 e. The van der Waals surface area contributed by atoms with Crippen LogP contribution >= 0.6 is 0 Å². The van der Waals surface area contributed by atoms with Gasteiger partial charge in [-0.15, -0.1) is 0 Å². The van der Waals surface area contributed by atoms with Gasteiger partial charge in [-0.2, -0.15) is 0 Å². The van der Waals surface area contributed by atoms with Crippen LogP contribution in [0.25, 0.3) is 0 Å². The summed E-state index contributed by atoms with van der Waals surface area (Å²) in [6.07, 6.45) is 0.181. The Morgan fingerprint density at radius 2 is 1.71 bits per heavy atom. The van der Waals surface area contributed by atoms with E-state index in [4.69, 9.17) is 4.74 Å². The van der Waals surface area contributed by atoms with Crippen molar-refractivity contribution in [3.8, 4) is 0 Å². The summed E-state index contributed by atoms with van der Waals surface area (Å²) in [6.45, 7) is 2.85.